The lowest BCUT2D eigenvalue weighted by Gasteiger charge is -2.20. The van der Waals surface area contributed by atoms with Gasteiger partial charge in [-0.05, 0) is 24.8 Å². The van der Waals surface area contributed by atoms with E-state index in [-0.39, 0.29) is 5.75 Å². The highest BCUT2D eigenvalue weighted by Crippen LogP contribution is 2.26. The summed E-state index contributed by atoms with van der Waals surface area (Å²) in [5.74, 6) is 0.699. The van der Waals surface area contributed by atoms with E-state index in [4.69, 9.17) is 5.73 Å². The van der Waals surface area contributed by atoms with Crippen LogP contribution in [0.2, 0.25) is 0 Å². The smallest absolute Gasteiger partial charge is 0.120 e. The highest BCUT2D eigenvalue weighted by molar-refractivity contribution is 5.34. The van der Waals surface area contributed by atoms with Gasteiger partial charge in [0.1, 0.15) is 5.75 Å². The molecule has 1 rings (SSSR count). The first kappa shape index (κ1) is 13.0. The van der Waals surface area contributed by atoms with Gasteiger partial charge in [0.05, 0.1) is 12.1 Å². The number of phenols is 1. The fourth-order valence-electron chi connectivity index (χ4n) is 1.66. The largest absolute Gasteiger partial charge is 0.508 e. The van der Waals surface area contributed by atoms with Crippen molar-refractivity contribution >= 4 is 0 Å². The number of aliphatic hydroxyl groups is 1. The second kappa shape index (κ2) is 5.87. The molecule has 16 heavy (non-hydrogen) atoms. The van der Waals surface area contributed by atoms with E-state index >= 15 is 0 Å². The van der Waals surface area contributed by atoms with Crippen LogP contribution in [0.1, 0.15) is 38.3 Å². The summed E-state index contributed by atoms with van der Waals surface area (Å²) in [5.41, 5.74) is 6.53. The van der Waals surface area contributed by atoms with Crippen LogP contribution < -0.4 is 5.73 Å². The lowest BCUT2D eigenvalue weighted by Crippen LogP contribution is -2.26. The Hall–Kier alpha value is -1.06. The van der Waals surface area contributed by atoms with Crippen LogP contribution in [0.4, 0.5) is 0 Å². The normalized spacial score (nSPS) is 15.1. The van der Waals surface area contributed by atoms with E-state index in [0.29, 0.717) is 17.9 Å². The number of hydrogen-bond donors (Lipinski definition) is 3. The maximum absolute atomic E-state index is 9.91. The minimum atomic E-state index is -0.601. The number of aromatic hydroxyl groups is 1. The van der Waals surface area contributed by atoms with Gasteiger partial charge in [0, 0.05) is 5.56 Å². The van der Waals surface area contributed by atoms with Crippen molar-refractivity contribution in [3.05, 3.63) is 29.8 Å². The predicted molar refractivity (Wildman–Crippen MR) is 65.1 cm³/mol. The molecule has 2 atom stereocenters. The molecule has 0 saturated heterocycles. The molecule has 0 bridgehead atoms. The van der Waals surface area contributed by atoms with Gasteiger partial charge in [0.25, 0.3) is 0 Å². The van der Waals surface area contributed by atoms with E-state index in [2.05, 4.69) is 13.8 Å². The van der Waals surface area contributed by atoms with Crippen LogP contribution in [0, 0.1) is 5.92 Å². The molecule has 0 aliphatic heterocycles. The summed E-state index contributed by atoms with van der Waals surface area (Å²) < 4.78 is 0. The van der Waals surface area contributed by atoms with Crippen molar-refractivity contribution in [2.45, 2.75) is 38.8 Å². The molecule has 0 heterocycles. The van der Waals surface area contributed by atoms with E-state index in [1.165, 1.54) is 0 Å². The van der Waals surface area contributed by atoms with Crippen LogP contribution in [-0.2, 0) is 0 Å². The van der Waals surface area contributed by atoms with Crippen molar-refractivity contribution in [3.8, 4) is 5.75 Å². The van der Waals surface area contributed by atoms with E-state index in [1.807, 2.05) is 6.07 Å². The van der Waals surface area contributed by atoms with Crippen molar-refractivity contribution in [2.24, 2.45) is 11.7 Å². The van der Waals surface area contributed by atoms with E-state index < -0.39 is 12.1 Å². The first-order valence-corrected chi connectivity index (χ1v) is 5.74. The molecular weight excluding hydrogens is 202 g/mol. The zero-order chi connectivity index (χ0) is 12.1. The van der Waals surface area contributed by atoms with E-state index in [9.17, 15) is 10.2 Å². The van der Waals surface area contributed by atoms with E-state index in [1.54, 1.807) is 18.2 Å². The Balaban J connectivity index is 2.63. The van der Waals surface area contributed by atoms with E-state index in [0.717, 1.165) is 6.42 Å². The van der Waals surface area contributed by atoms with Gasteiger partial charge in [-0.1, -0.05) is 32.0 Å². The SMILES string of the molecule is CC(C)CC[C@H](O)[C@H](N)c1ccccc1O. The van der Waals surface area contributed by atoms with Gasteiger partial charge in [-0.25, -0.2) is 0 Å². The molecule has 0 aromatic heterocycles. The van der Waals surface area contributed by atoms with Crippen LogP contribution >= 0.6 is 0 Å². The highest BCUT2D eigenvalue weighted by Gasteiger charge is 2.19. The Morgan fingerprint density at radius 2 is 1.81 bits per heavy atom. The number of hydrogen-bond acceptors (Lipinski definition) is 3. The van der Waals surface area contributed by atoms with Gasteiger partial charge in [0.15, 0.2) is 0 Å². The minimum Gasteiger partial charge on any atom is -0.508 e. The molecule has 0 amide bonds. The van der Waals surface area contributed by atoms with Crippen LogP contribution in [0.3, 0.4) is 0 Å². The number of benzene rings is 1. The maximum Gasteiger partial charge on any atom is 0.120 e. The summed E-state index contributed by atoms with van der Waals surface area (Å²) in [6.07, 6.45) is 0.992. The first-order chi connectivity index (χ1) is 7.52. The topological polar surface area (TPSA) is 66.5 Å². The second-order valence-corrected chi connectivity index (χ2v) is 4.62. The lowest BCUT2D eigenvalue weighted by molar-refractivity contribution is 0.127. The fourth-order valence-corrected chi connectivity index (χ4v) is 1.66. The maximum atomic E-state index is 9.91. The molecule has 4 N–H and O–H groups in total. The Labute approximate surface area is 96.9 Å². The summed E-state index contributed by atoms with van der Waals surface area (Å²) in [4.78, 5) is 0. The molecule has 90 valence electrons. The molecule has 0 aliphatic rings. The monoisotopic (exact) mass is 223 g/mol. The average Bonchev–Trinajstić information content (AvgIpc) is 2.25. The zero-order valence-corrected chi connectivity index (χ0v) is 9.93. The quantitative estimate of drug-likeness (QED) is 0.717. The molecule has 0 saturated carbocycles. The predicted octanol–water partition coefficient (Wildman–Crippen LogP) is 2.19. The molecule has 3 heteroatoms. The zero-order valence-electron chi connectivity index (χ0n) is 9.93. The van der Waals surface area contributed by atoms with Crippen molar-refractivity contribution in [2.75, 3.05) is 0 Å². The molecule has 0 unspecified atom stereocenters. The van der Waals surface area contributed by atoms with Gasteiger partial charge < -0.3 is 15.9 Å². The Kier molecular flexibility index (Phi) is 4.77. The molecule has 0 aliphatic carbocycles. The van der Waals surface area contributed by atoms with Crippen LogP contribution in [-0.4, -0.2) is 16.3 Å². The van der Waals surface area contributed by atoms with Crippen LogP contribution in [0.5, 0.6) is 5.75 Å². The molecule has 1 aromatic carbocycles. The van der Waals surface area contributed by atoms with Crippen molar-refractivity contribution in [1.29, 1.82) is 0 Å². The molecule has 3 nitrogen and oxygen atoms in total. The summed E-state index contributed by atoms with van der Waals surface area (Å²) >= 11 is 0. The number of nitrogens with two attached hydrogens (primary N) is 1. The summed E-state index contributed by atoms with van der Waals surface area (Å²) in [7, 11) is 0. The van der Waals surface area contributed by atoms with Crippen LogP contribution in [0.15, 0.2) is 24.3 Å². The third-order valence-electron chi connectivity index (χ3n) is 2.75. The summed E-state index contributed by atoms with van der Waals surface area (Å²) in [6.45, 7) is 4.22. The Morgan fingerprint density at radius 1 is 1.19 bits per heavy atom. The summed E-state index contributed by atoms with van der Waals surface area (Å²) in [6, 6.07) is 6.37. The minimum absolute atomic E-state index is 0.151. The molecule has 1 aromatic rings. The molecule has 0 radical (unpaired) electrons. The third kappa shape index (κ3) is 3.51. The molecule has 0 spiro atoms. The Morgan fingerprint density at radius 3 is 2.38 bits per heavy atom. The lowest BCUT2D eigenvalue weighted by atomic mass is 9.95. The van der Waals surface area contributed by atoms with Gasteiger partial charge in [-0.2, -0.15) is 0 Å². The van der Waals surface area contributed by atoms with Gasteiger partial charge in [0.2, 0.25) is 0 Å². The standard InChI is InChI=1S/C13H21NO2/c1-9(2)7-8-12(16)13(14)10-5-3-4-6-11(10)15/h3-6,9,12-13,15-16H,7-8,14H2,1-2H3/t12-,13+/m0/s1. The van der Waals surface area contributed by atoms with Crippen LogP contribution in [0.25, 0.3) is 0 Å². The second-order valence-electron chi connectivity index (χ2n) is 4.62. The van der Waals surface area contributed by atoms with Gasteiger partial charge >= 0.3 is 0 Å². The van der Waals surface area contributed by atoms with Crippen molar-refractivity contribution in [3.63, 3.8) is 0 Å². The van der Waals surface area contributed by atoms with Crippen molar-refractivity contribution < 1.29 is 10.2 Å². The Bertz CT molecular complexity index is 325. The number of para-hydroxylation sites is 1. The number of rotatable bonds is 5. The third-order valence-corrected chi connectivity index (χ3v) is 2.75. The van der Waals surface area contributed by atoms with Gasteiger partial charge in [-0.15, -0.1) is 0 Å². The van der Waals surface area contributed by atoms with Crippen molar-refractivity contribution in [1.82, 2.24) is 0 Å². The first-order valence-electron chi connectivity index (χ1n) is 5.74. The number of phenolic OH excluding ortho intramolecular Hbond substituents is 1. The number of aliphatic hydroxyl groups excluding tert-OH is 1. The highest BCUT2D eigenvalue weighted by atomic mass is 16.3. The summed E-state index contributed by atoms with van der Waals surface area (Å²) in [5, 5.41) is 19.5. The van der Waals surface area contributed by atoms with Gasteiger partial charge in [-0.3, -0.25) is 0 Å². The molecular formula is C13H21NO2. The average molecular weight is 223 g/mol. The fraction of sp³-hybridized carbons (Fsp3) is 0.538. The molecule has 0 fully saturated rings.